The molecule has 2 heteroatoms. The average Bonchev–Trinajstić information content (AvgIpc) is 1.94. The number of quaternary nitrogens is 1. The number of unbranched alkanes of at least 4 members (excludes halogenated alkanes) is 4. The smallest absolute Gasteiger partial charge is 0.0853 e. The predicted molar refractivity (Wildman–Crippen MR) is 54.8 cm³/mol. The number of hydrogen-bond donors (Lipinski definition) is 1. The van der Waals surface area contributed by atoms with Crippen LogP contribution in [0.4, 0.5) is 0 Å². The summed E-state index contributed by atoms with van der Waals surface area (Å²) in [6.45, 7) is 3.40. The highest BCUT2D eigenvalue weighted by Crippen LogP contribution is 2.01. The van der Waals surface area contributed by atoms with Gasteiger partial charge in [0.15, 0.2) is 0 Å². The molecule has 0 saturated carbocycles. The standard InChI is InChI=1S/C10H25N2/c1-5-6-7-8-9-10-11-12(2,3)4/h11H,5-10H2,1-4H3/q+1. The van der Waals surface area contributed by atoms with E-state index in [1.165, 1.54) is 32.1 Å². The van der Waals surface area contributed by atoms with E-state index in [0.717, 1.165) is 11.1 Å². The van der Waals surface area contributed by atoms with Crippen LogP contribution < -0.4 is 5.43 Å². The summed E-state index contributed by atoms with van der Waals surface area (Å²) >= 11 is 0. The van der Waals surface area contributed by atoms with Crippen molar-refractivity contribution in [3.8, 4) is 0 Å². The lowest BCUT2D eigenvalue weighted by Gasteiger charge is -2.23. The summed E-state index contributed by atoms with van der Waals surface area (Å²) in [4.78, 5) is 0. The van der Waals surface area contributed by atoms with Gasteiger partial charge < -0.3 is 0 Å². The molecule has 0 rings (SSSR count). The van der Waals surface area contributed by atoms with Crippen molar-refractivity contribution >= 4 is 0 Å². The molecule has 0 heterocycles. The van der Waals surface area contributed by atoms with Crippen molar-refractivity contribution in [2.24, 2.45) is 0 Å². The summed E-state index contributed by atoms with van der Waals surface area (Å²) in [5.41, 5.74) is 3.44. The lowest BCUT2D eigenvalue weighted by atomic mass is 10.2. The fourth-order valence-corrected chi connectivity index (χ4v) is 1.14. The molecule has 0 saturated heterocycles. The Balaban J connectivity index is 3.01. The molecule has 0 atom stereocenters. The summed E-state index contributed by atoms with van der Waals surface area (Å²) in [5, 5.41) is 0. The monoisotopic (exact) mass is 173 g/mol. The molecule has 0 aromatic carbocycles. The topological polar surface area (TPSA) is 12.0 Å². The van der Waals surface area contributed by atoms with Gasteiger partial charge in [-0.15, -0.1) is 0 Å². The van der Waals surface area contributed by atoms with Crippen LogP contribution in [-0.4, -0.2) is 32.3 Å². The van der Waals surface area contributed by atoms with Gasteiger partial charge in [-0.1, -0.05) is 32.6 Å². The largest absolute Gasteiger partial charge is 0.253 e. The molecule has 0 bridgehead atoms. The summed E-state index contributed by atoms with van der Waals surface area (Å²) < 4.78 is 0.869. The van der Waals surface area contributed by atoms with E-state index in [1.807, 2.05) is 0 Å². The molecule has 12 heavy (non-hydrogen) atoms. The molecule has 0 aliphatic carbocycles. The zero-order valence-electron chi connectivity index (χ0n) is 9.19. The molecule has 74 valence electrons. The molecule has 0 unspecified atom stereocenters. The quantitative estimate of drug-likeness (QED) is 0.353. The molecule has 0 aliphatic rings. The third kappa shape index (κ3) is 9.92. The lowest BCUT2D eigenvalue weighted by molar-refractivity contribution is -0.915. The summed E-state index contributed by atoms with van der Waals surface area (Å²) in [6, 6.07) is 0. The number of rotatable bonds is 7. The Morgan fingerprint density at radius 3 is 2.00 bits per heavy atom. The molecular weight excluding hydrogens is 148 g/mol. The van der Waals surface area contributed by atoms with Gasteiger partial charge in [0.2, 0.25) is 0 Å². The van der Waals surface area contributed by atoms with Gasteiger partial charge in [-0.05, 0) is 6.42 Å². The molecule has 0 fully saturated rings. The summed E-state index contributed by atoms with van der Waals surface area (Å²) in [7, 11) is 6.48. The fourth-order valence-electron chi connectivity index (χ4n) is 1.14. The van der Waals surface area contributed by atoms with E-state index in [2.05, 4.69) is 33.5 Å². The van der Waals surface area contributed by atoms with Gasteiger partial charge in [0, 0.05) is 6.54 Å². The molecule has 0 amide bonds. The lowest BCUT2D eigenvalue weighted by Crippen LogP contribution is -2.48. The number of nitrogens with one attached hydrogen (secondary N) is 1. The molecule has 0 aliphatic heterocycles. The number of nitrogens with zero attached hydrogens (tertiary/aromatic N) is 1. The molecule has 1 N–H and O–H groups in total. The van der Waals surface area contributed by atoms with Crippen LogP contribution in [0.15, 0.2) is 0 Å². The third-order valence-corrected chi connectivity index (χ3v) is 1.87. The van der Waals surface area contributed by atoms with Crippen molar-refractivity contribution in [2.45, 2.75) is 39.0 Å². The molecular formula is C10H25N2+. The second kappa shape index (κ2) is 6.44. The van der Waals surface area contributed by atoms with E-state index in [1.54, 1.807) is 0 Å². The first-order valence-corrected chi connectivity index (χ1v) is 5.13. The van der Waals surface area contributed by atoms with Gasteiger partial charge >= 0.3 is 0 Å². The van der Waals surface area contributed by atoms with Crippen LogP contribution in [0.1, 0.15) is 39.0 Å². The van der Waals surface area contributed by atoms with Crippen LogP contribution in [0.2, 0.25) is 0 Å². The van der Waals surface area contributed by atoms with Gasteiger partial charge in [-0.2, -0.15) is 5.43 Å². The SMILES string of the molecule is CCCCCCCN[N+](C)(C)C. The van der Waals surface area contributed by atoms with E-state index < -0.39 is 0 Å². The first-order valence-electron chi connectivity index (χ1n) is 5.13. The maximum atomic E-state index is 3.44. The first kappa shape index (κ1) is 11.9. The second-order valence-electron chi connectivity index (χ2n) is 4.33. The van der Waals surface area contributed by atoms with Gasteiger partial charge in [0.25, 0.3) is 0 Å². The van der Waals surface area contributed by atoms with Crippen LogP contribution in [0, 0.1) is 0 Å². The van der Waals surface area contributed by atoms with Gasteiger partial charge in [0.05, 0.1) is 21.1 Å². The van der Waals surface area contributed by atoms with E-state index in [-0.39, 0.29) is 0 Å². The number of hydrogen-bond acceptors (Lipinski definition) is 1. The summed E-state index contributed by atoms with van der Waals surface area (Å²) in [5.74, 6) is 0. The first-order chi connectivity index (χ1) is 5.56. The maximum absolute atomic E-state index is 3.44. The van der Waals surface area contributed by atoms with Crippen molar-refractivity contribution in [3.63, 3.8) is 0 Å². The van der Waals surface area contributed by atoms with Crippen LogP contribution in [0.25, 0.3) is 0 Å². The van der Waals surface area contributed by atoms with Gasteiger partial charge in [0.1, 0.15) is 0 Å². The molecule has 0 aromatic rings. The maximum Gasteiger partial charge on any atom is 0.0853 e. The van der Waals surface area contributed by atoms with Gasteiger partial charge in [-0.3, -0.25) is 4.59 Å². The fraction of sp³-hybridized carbons (Fsp3) is 1.00. The summed E-state index contributed by atoms with van der Waals surface area (Å²) in [6.07, 6.45) is 6.82. The van der Waals surface area contributed by atoms with Crippen LogP contribution in [0.5, 0.6) is 0 Å². The normalized spacial score (nSPS) is 12.0. The molecule has 0 radical (unpaired) electrons. The third-order valence-electron chi connectivity index (χ3n) is 1.87. The Morgan fingerprint density at radius 1 is 0.917 bits per heavy atom. The van der Waals surface area contributed by atoms with E-state index in [0.29, 0.717) is 0 Å². The minimum Gasteiger partial charge on any atom is -0.253 e. The van der Waals surface area contributed by atoms with E-state index in [4.69, 9.17) is 0 Å². The van der Waals surface area contributed by atoms with E-state index >= 15 is 0 Å². The van der Waals surface area contributed by atoms with Crippen LogP contribution in [-0.2, 0) is 0 Å². The Hall–Kier alpha value is -0.0800. The highest BCUT2D eigenvalue weighted by atomic mass is 15.6. The van der Waals surface area contributed by atoms with Crippen molar-refractivity contribution in [3.05, 3.63) is 0 Å². The Morgan fingerprint density at radius 2 is 1.50 bits per heavy atom. The zero-order valence-corrected chi connectivity index (χ0v) is 9.19. The Kier molecular flexibility index (Phi) is 6.39. The Bertz CT molecular complexity index is 94.5. The molecule has 0 aromatic heterocycles. The van der Waals surface area contributed by atoms with E-state index in [9.17, 15) is 0 Å². The molecule has 0 spiro atoms. The second-order valence-corrected chi connectivity index (χ2v) is 4.33. The highest BCUT2D eigenvalue weighted by molar-refractivity contribution is 4.42. The zero-order chi connectivity index (χ0) is 9.45. The van der Waals surface area contributed by atoms with Crippen LogP contribution in [0.3, 0.4) is 0 Å². The Labute approximate surface area is 77.5 Å². The van der Waals surface area contributed by atoms with Crippen molar-refractivity contribution < 1.29 is 4.59 Å². The van der Waals surface area contributed by atoms with Gasteiger partial charge in [-0.25, -0.2) is 0 Å². The predicted octanol–water partition coefficient (Wildman–Crippen LogP) is 2.17. The minimum atomic E-state index is 0.869. The highest BCUT2D eigenvalue weighted by Gasteiger charge is 2.03. The van der Waals surface area contributed by atoms with Crippen molar-refractivity contribution in [2.75, 3.05) is 27.7 Å². The van der Waals surface area contributed by atoms with Crippen molar-refractivity contribution in [1.29, 1.82) is 0 Å². The van der Waals surface area contributed by atoms with Crippen molar-refractivity contribution in [1.82, 2.24) is 5.43 Å². The minimum absolute atomic E-state index is 0.869. The van der Waals surface area contributed by atoms with Crippen LogP contribution >= 0.6 is 0 Å². The average molecular weight is 173 g/mol. The molecule has 2 nitrogen and oxygen atoms in total.